The van der Waals surface area contributed by atoms with Crippen LogP contribution in [0.5, 0.6) is 0 Å². The summed E-state index contributed by atoms with van der Waals surface area (Å²) in [6.45, 7) is 0.857. The van der Waals surface area contributed by atoms with Crippen LogP contribution in [0.3, 0.4) is 0 Å². The third-order valence-corrected chi connectivity index (χ3v) is 2.69. The predicted molar refractivity (Wildman–Crippen MR) is 65.1 cm³/mol. The van der Waals surface area contributed by atoms with E-state index in [1.165, 1.54) is 6.33 Å². The van der Waals surface area contributed by atoms with Gasteiger partial charge in [0.2, 0.25) is 0 Å². The van der Waals surface area contributed by atoms with Gasteiger partial charge in [0, 0.05) is 31.6 Å². The maximum atomic E-state index is 4.16. The number of nitrogens with zero attached hydrogens (tertiary/aromatic N) is 3. The third kappa shape index (κ3) is 3.03. The van der Waals surface area contributed by atoms with E-state index in [1.54, 1.807) is 12.4 Å². The number of anilines is 1. The maximum Gasteiger partial charge on any atom is 0.143 e. The highest BCUT2D eigenvalue weighted by molar-refractivity contribution is 9.10. The largest absolute Gasteiger partial charge is 0.369 e. The molecule has 2 aromatic heterocycles. The van der Waals surface area contributed by atoms with Gasteiger partial charge in [-0.3, -0.25) is 0 Å². The highest BCUT2D eigenvalue weighted by atomic mass is 79.9. The van der Waals surface area contributed by atoms with Crippen LogP contribution in [0.2, 0.25) is 0 Å². The molecule has 0 saturated carbocycles. The molecule has 0 bridgehead atoms. The fourth-order valence-electron chi connectivity index (χ4n) is 1.34. The quantitative estimate of drug-likeness (QED) is 0.823. The van der Waals surface area contributed by atoms with Crippen molar-refractivity contribution in [1.82, 2.24) is 19.9 Å². The van der Waals surface area contributed by atoms with Crippen molar-refractivity contribution < 1.29 is 0 Å². The van der Waals surface area contributed by atoms with Gasteiger partial charge in [0.15, 0.2) is 0 Å². The Hall–Kier alpha value is -1.43. The van der Waals surface area contributed by atoms with Gasteiger partial charge in [0.1, 0.15) is 18.0 Å². The summed E-state index contributed by atoms with van der Waals surface area (Å²) >= 11 is 3.38. The van der Waals surface area contributed by atoms with Crippen molar-refractivity contribution in [2.45, 2.75) is 12.8 Å². The number of aryl methyl sites for hydroxylation is 1. The summed E-state index contributed by atoms with van der Waals surface area (Å²) in [6, 6.07) is 0. The normalized spacial score (nSPS) is 10.3. The van der Waals surface area contributed by atoms with Crippen molar-refractivity contribution in [3.05, 3.63) is 35.2 Å². The number of imidazole rings is 1. The molecule has 0 aliphatic heterocycles. The van der Waals surface area contributed by atoms with Gasteiger partial charge in [-0.2, -0.15) is 0 Å². The lowest BCUT2D eigenvalue weighted by Gasteiger charge is -2.05. The fraction of sp³-hybridized carbons (Fsp3) is 0.300. The number of nitrogens with one attached hydrogen (secondary N) is 2. The molecule has 16 heavy (non-hydrogen) atoms. The van der Waals surface area contributed by atoms with E-state index in [4.69, 9.17) is 0 Å². The monoisotopic (exact) mass is 281 g/mol. The molecule has 0 saturated heterocycles. The van der Waals surface area contributed by atoms with Crippen LogP contribution in [0.1, 0.15) is 12.2 Å². The molecule has 0 spiro atoms. The molecule has 0 aromatic carbocycles. The Morgan fingerprint density at radius 3 is 3.06 bits per heavy atom. The lowest BCUT2D eigenvalue weighted by molar-refractivity contribution is 0.813. The average molecular weight is 282 g/mol. The van der Waals surface area contributed by atoms with Crippen molar-refractivity contribution in [2.75, 3.05) is 11.9 Å². The summed E-state index contributed by atoms with van der Waals surface area (Å²) in [5.41, 5.74) is 0. The summed E-state index contributed by atoms with van der Waals surface area (Å²) in [5.74, 6) is 1.85. The van der Waals surface area contributed by atoms with E-state index in [0.717, 1.165) is 35.5 Å². The van der Waals surface area contributed by atoms with Gasteiger partial charge in [0.25, 0.3) is 0 Å². The van der Waals surface area contributed by atoms with Crippen molar-refractivity contribution in [2.24, 2.45) is 0 Å². The standard InChI is InChI=1S/C10H12BrN5/c11-8-6-12-7-16-10(8)15-3-1-2-9-13-4-5-14-9/h4-7H,1-3H2,(H,13,14)(H,12,15,16). The minimum Gasteiger partial charge on any atom is -0.369 e. The molecule has 0 aliphatic carbocycles. The molecule has 0 unspecified atom stereocenters. The zero-order chi connectivity index (χ0) is 11.2. The van der Waals surface area contributed by atoms with E-state index < -0.39 is 0 Å². The molecular formula is C10H12BrN5. The molecule has 6 heteroatoms. The first-order chi connectivity index (χ1) is 7.86. The summed E-state index contributed by atoms with van der Waals surface area (Å²) in [7, 11) is 0. The van der Waals surface area contributed by atoms with Crippen LogP contribution in [0, 0.1) is 0 Å². The Bertz CT molecular complexity index is 429. The van der Waals surface area contributed by atoms with Crippen LogP contribution < -0.4 is 5.32 Å². The van der Waals surface area contributed by atoms with Gasteiger partial charge in [-0.1, -0.05) is 0 Å². The molecule has 84 valence electrons. The number of rotatable bonds is 5. The van der Waals surface area contributed by atoms with E-state index in [-0.39, 0.29) is 0 Å². The zero-order valence-corrected chi connectivity index (χ0v) is 10.2. The molecule has 2 heterocycles. The van der Waals surface area contributed by atoms with E-state index in [2.05, 4.69) is 41.2 Å². The molecule has 2 aromatic rings. The molecule has 2 rings (SSSR count). The van der Waals surface area contributed by atoms with Gasteiger partial charge in [0.05, 0.1) is 4.47 Å². The summed E-state index contributed by atoms with van der Waals surface area (Å²) < 4.78 is 0.882. The van der Waals surface area contributed by atoms with Crippen LogP contribution in [0.25, 0.3) is 0 Å². The highest BCUT2D eigenvalue weighted by Crippen LogP contribution is 2.16. The van der Waals surface area contributed by atoms with Gasteiger partial charge in [-0.25, -0.2) is 15.0 Å². The fourth-order valence-corrected chi connectivity index (χ4v) is 1.70. The summed E-state index contributed by atoms with van der Waals surface area (Å²) in [4.78, 5) is 15.3. The smallest absolute Gasteiger partial charge is 0.143 e. The average Bonchev–Trinajstić information content (AvgIpc) is 2.79. The van der Waals surface area contributed by atoms with Crippen molar-refractivity contribution >= 4 is 21.7 Å². The molecule has 0 atom stereocenters. The molecule has 5 nitrogen and oxygen atoms in total. The third-order valence-electron chi connectivity index (χ3n) is 2.11. The number of hydrogen-bond acceptors (Lipinski definition) is 4. The van der Waals surface area contributed by atoms with Gasteiger partial charge >= 0.3 is 0 Å². The first-order valence-electron chi connectivity index (χ1n) is 5.04. The molecule has 0 radical (unpaired) electrons. The predicted octanol–water partition coefficient (Wildman–Crippen LogP) is 2.01. The van der Waals surface area contributed by atoms with E-state index in [0.29, 0.717) is 0 Å². The van der Waals surface area contributed by atoms with Gasteiger partial charge in [-0.15, -0.1) is 0 Å². The lowest BCUT2D eigenvalue weighted by Crippen LogP contribution is -2.05. The minimum atomic E-state index is 0.828. The van der Waals surface area contributed by atoms with Crippen LogP contribution >= 0.6 is 15.9 Å². The first-order valence-corrected chi connectivity index (χ1v) is 5.83. The number of hydrogen-bond donors (Lipinski definition) is 2. The maximum absolute atomic E-state index is 4.16. The van der Waals surface area contributed by atoms with Gasteiger partial charge < -0.3 is 10.3 Å². The SMILES string of the molecule is Brc1cncnc1NCCCc1ncc[nH]1. The zero-order valence-electron chi connectivity index (χ0n) is 8.65. The highest BCUT2D eigenvalue weighted by Gasteiger charge is 1.99. The second kappa shape index (κ2) is 5.60. The summed E-state index contributed by atoms with van der Waals surface area (Å²) in [6.07, 6.45) is 8.79. The molecule has 0 aliphatic rings. The lowest BCUT2D eigenvalue weighted by atomic mass is 10.3. The van der Waals surface area contributed by atoms with Crippen LogP contribution in [-0.2, 0) is 6.42 Å². The number of halogens is 1. The Morgan fingerprint density at radius 1 is 1.38 bits per heavy atom. The Kier molecular flexibility index (Phi) is 3.87. The number of H-pyrrole nitrogens is 1. The molecule has 0 fully saturated rings. The Labute approximate surface area is 102 Å². The summed E-state index contributed by atoms with van der Waals surface area (Å²) in [5, 5.41) is 3.24. The Morgan fingerprint density at radius 2 is 2.31 bits per heavy atom. The topological polar surface area (TPSA) is 66.5 Å². The van der Waals surface area contributed by atoms with Crippen LogP contribution in [0.4, 0.5) is 5.82 Å². The molecule has 2 N–H and O–H groups in total. The Balaban J connectivity index is 1.74. The second-order valence-corrected chi connectivity index (χ2v) is 4.14. The van der Waals surface area contributed by atoms with E-state index in [9.17, 15) is 0 Å². The van der Waals surface area contributed by atoms with Crippen molar-refractivity contribution in [1.29, 1.82) is 0 Å². The van der Waals surface area contributed by atoms with Crippen LogP contribution in [0.15, 0.2) is 29.4 Å². The minimum absolute atomic E-state index is 0.828. The molecule has 0 amide bonds. The number of aromatic amines is 1. The van der Waals surface area contributed by atoms with Crippen LogP contribution in [-0.4, -0.2) is 26.5 Å². The second-order valence-electron chi connectivity index (χ2n) is 3.29. The molecular weight excluding hydrogens is 270 g/mol. The van der Waals surface area contributed by atoms with E-state index >= 15 is 0 Å². The van der Waals surface area contributed by atoms with Crippen molar-refractivity contribution in [3.8, 4) is 0 Å². The van der Waals surface area contributed by atoms with Crippen molar-refractivity contribution in [3.63, 3.8) is 0 Å². The number of aromatic nitrogens is 4. The van der Waals surface area contributed by atoms with Gasteiger partial charge in [-0.05, 0) is 22.4 Å². The van der Waals surface area contributed by atoms with E-state index in [1.807, 2.05) is 6.20 Å². The first kappa shape index (κ1) is 11.1.